The number of ether oxygens (including phenoxy) is 1. The molecule has 0 fully saturated rings. The van der Waals surface area contributed by atoms with E-state index < -0.39 is 5.54 Å². The zero-order chi connectivity index (χ0) is 42.5. The number of halogens is 1. The normalized spacial score (nSPS) is 12.0. The smallest absolute Gasteiger partial charge is 0.334 e. The minimum atomic E-state index is -0.910. The summed E-state index contributed by atoms with van der Waals surface area (Å²) in [4.78, 5) is 20.7. The second kappa shape index (κ2) is 18.1. The van der Waals surface area contributed by atoms with E-state index in [1.165, 1.54) is 7.11 Å². The first kappa shape index (κ1) is 40.7. The zero-order valence-electron chi connectivity index (χ0n) is 34.3. The molecule has 0 spiro atoms. The van der Waals surface area contributed by atoms with Crippen molar-refractivity contribution in [2.24, 2.45) is 0 Å². The summed E-state index contributed by atoms with van der Waals surface area (Å²) in [6, 6.07) is 49.2. The third-order valence-electron chi connectivity index (χ3n) is 11.2. The summed E-state index contributed by atoms with van der Waals surface area (Å²) in [7, 11) is 1.42. The predicted molar refractivity (Wildman–Crippen MR) is 249 cm³/mol. The number of carbonyl (C=O) groups excluding carboxylic acids is 1. The fraction of sp³-hybridized carbons (Fsp3) is 0.157. The van der Waals surface area contributed by atoms with Crippen LogP contribution in [0.2, 0.25) is 0 Å². The number of fused-ring (bicyclic) bond motifs is 1. The van der Waals surface area contributed by atoms with Crippen LogP contribution in [-0.2, 0) is 34.5 Å². The minimum absolute atomic E-state index is 0.349. The number of aryl methyl sites for hydroxylation is 1. The second-order valence-corrected chi connectivity index (χ2v) is 16.9. The molecule has 0 aliphatic rings. The van der Waals surface area contributed by atoms with Crippen molar-refractivity contribution in [1.82, 2.24) is 29.8 Å². The number of hydrogen-bond acceptors (Lipinski definition) is 8. The van der Waals surface area contributed by atoms with E-state index in [1.54, 1.807) is 16.1 Å². The molecule has 0 N–H and O–H groups in total. The molecule has 9 nitrogen and oxygen atoms in total. The van der Waals surface area contributed by atoms with E-state index in [0.29, 0.717) is 30.1 Å². The van der Waals surface area contributed by atoms with Gasteiger partial charge in [0.15, 0.2) is 5.54 Å². The summed E-state index contributed by atoms with van der Waals surface area (Å²) in [5.41, 5.74) is 6.93. The Morgan fingerprint density at radius 1 is 0.839 bits per heavy atom. The Kier molecular flexibility index (Phi) is 11.9. The van der Waals surface area contributed by atoms with Crippen molar-refractivity contribution >= 4 is 50.3 Å². The molecule has 0 bridgehead atoms. The van der Waals surface area contributed by atoms with Gasteiger partial charge in [-0.2, -0.15) is 0 Å². The standard InChI is InChI=1S/C51H43BrN6O3S/c1-3-4-26-46-53-33-40(31-36(50(59)60-2)32-41-23-16-29-62-41)57(46)34-35-27-28-45-44(30-35)47(52)48(61-45)42-24-14-15-25-43(42)49-54-56-58(55-49)51(37-17-8-5-9-18-37,38-19-10-6-11-20-38)39-21-12-7-13-22-39/h5-25,27-31,33H,3-4,26,32,34H2,1-2H3/b36-31+. The van der Waals surface area contributed by atoms with Crippen LogP contribution in [-0.4, -0.2) is 42.8 Å². The van der Waals surface area contributed by atoms with Crippen molar-refractivity contribution in [3.63, 3.8) is 0 Å². The number of tetrazole rings is 1. The molecule has 0 amide bonds. The first-order chi connectivity index (χ1) is 30.5. The van der Waals surface area contributed by atoms with E-state index in [1.807, 2.05) is 115 Å². The SMILES string of the molecule is CCCCc1ncc(/C=C(\Cc2cccs2)C(=O)OC)n1Cc1ccc2oc(-c3ccccc3-c3nnn(C(c4ccccc4)(c4ccccc4)c4ccccc4)n3)c(Br)c2c1. The van der Waals surface area contributed by atoms with Crippen molar-refractivity contribution in [2.75, 3.05) is 7.11 Å². The summed E-state index contributed by atoms with van der Waals surface area (Å²) < 4.78 is 14.9. The highest BCUT2D eigenvalue weighted by Gasteiger charge is 2.41. The maximum atomic E-state index is 13.0. The summed E-state index contributed by atoms with van der Waals surface area (Å²) in [6.07, 6.45) is 7.13. The Balaban J connectivity index is 1.10. The van der Waals surface area contributed by atoms with Gasteiger partial charge in [0.2, 0.25) is 5.82 Å². The molecule has 62 heavy (non-hydrogen) atoms. The molecule has 0 atom stereocenters. The number of carbonyl (C=O) groups is 1. The van der Waals surface area contributed by atoms with Crippen LogP contribution in [0.3, 0.4) is 0 Å². The molecule has 0 saturated carbocycles. The van der Waals surface area contributed by atoms with Gasteiger partial charge >= 0.3 is 5.97 Å². The van der Waals surface area contributed by atoms with E-state index in [4.69, 9.17) is 29.5 Å². The fourth-order valence-electron chi connectivity index (χ4n) is 8.15. The topological polar surface area (TPSA) is 101 Å². The Morgan fingerprint density at radius 3 is 2.13 bits per heavy atom. The molecular weight excluding hydrogens is 857 g/mol. The Bertz CT molecular complexity index is 2880. The van der Waals surface area contributed by atoms with E-state index in [2.05, 4.69) is 76.0 Å². The number of esters is 1. The van der Waals surface area contributed by atoms with Crippen molar-refractivity contribution in [3.05, 3.63) is 206 Å². The highest BCUT2D eigenvalue weighted by Crippen LogP contribution is 2.43. The largest absolute Gasteiger partial charge is 0.466 e. The lowest BCUT2D eigenvalue weighted by molar-refractivity contribution is -0.136. The summed E-state index contributed by atoms with van der Waals surface area (Å²) >= 11 is 5.57. The third-order valence-corrected chi connectivity index (χ3v) is 12.8. The van der Waals surface area contributed by atoms with Gasteiger partial charge in [-0.05, 0) is 79.5 Å². The number of thiophene rings is 1. The monoisotopic (exact) mass is 898 g/mol. The number of imidazole rings is 1. The number of rotatable bonds is 15. The highest BCUT2D eigenvalue weighted by molar-refractivity contribution is 9.10. The van der Waals surface area contributed by atoms with Crippen LogP contribution in [0.25, 0.3) is 39.8 Å². The van der Waals surface area contributed by atoms with Gasteiger partial charge in [0.1, 0.15) is 17.2 Å². The molecular formula is C51H43BrN6O3S. The highest BCUT2D eigenvalue weighted by atomic mass is 79.9. The Hall–Kier alpha value is -6.69. The molecule has 4 aromatic heterocycles. The quantitative estimate of drug-likeness (QED) is 0.0574. The number of aromatic nitrogens is 6. The van der Waals surface area contributed by atoms with E-state index >= 15 is 0 Å². The lowest BCUT2D eigenvalue weighted by Crippen LogP contribution is -2.39. The molecule has 0 radical (unpaired) electrons. The number of benzene rings is 5. The van der Waals surface area contributed by atoms with Gasteiger partial charge < -0.3 is 13.7 Å². The van der Waals surface area contributed by atoms with Crippen LogP contribution in [0.15, 0.2) is 172 Å². The molecule has 4 heterocycles. The van der Waals surface area contributed by atoms with Crippen LogP contribution in [0, 0.1) is 0 Å². The summed E-state index contributed by atoms with van der Waals surface area (Å²) in [5, 5.41) is 17.7. The fourth-order valence-corrected chi connectivity index (χ4v) is 9.48. The van der Waals surface area contributed by atoms with Gasteiger partial charge in [-0.25, -0.2) is 9.78 Å². The summed E-state index contributed by atoms with van der Waals surface area (Å²) in [5.74, 6) is 1.75. The molecule has 0 aliphatic carbocycles. The maximum absolute atomic E-state index is 13.0. The molecule has 11 heteroatoms. The van der Waals surface area contributed by atoms with Crippen molar-refractivity contribution in [1.29, 1.82) is 0 Å². The van der Waals surface area contributed by atoms with Crippen LogP contribution in [0.5, 0.6) is 0 Å². The average molecular weight is 900 g/mol. The molecule has 5 aromatic carbocycles. The molecule has 308 valence electrons. The molecule has 9 aromatic rings. The molecule has 0 aliphatic heterocycles. The molecule has 0 saturated heterocycles. The zero-order valence-corrected chi connectivity index (χ0v) is 36.7. The van der Waals surface area contributed by atoms with Crippen molar-refractivity contribution < 1.29 is 13.9 Å². The van der Waals surface area contributed by atoms with Gasteiger partial charge in [0.25, 0.3) is 0 Å². The van der Waals surface area contributed by atoms with Gasteiger partial charge in [-0.3, -0.25) is 0 Å². The van der Waals surface area contributed by atoms with E-state index in [-0.39, 0.29) is 5.97 Å². The number of furan rings is 1. The van der Waals surface area contributed by atoms with Crippen LogP contribution < -0.4 is 0 Å². The molecule has 9 rings (SSSR count). The van der Waals surface area contributed by atoms with Crippen LogP contribution in [0.4, 0.5) is 0 Å². The van der Waals surface area contributed by atoms with Crippen molar-refractivity contribution in [2.45, 2.75) is 44.7 Å². The van der Waals surface area contributed by atoms with Crippen LogP contribution in [0.1, 0.15) is 58.4 Å². The second-order valence-electron chi connectivity index (χ2n) is 15.0. The first-order valence-electron chi connectivity index (χ1n) is 20.6. The molecule has 0 unspecified atom stereocenters. The first-order valence-corrected chi connectivity index (χ1v) is 22.3. The van der Waals surface area contributed by atoms with Gasteiger partial charge in [0.05, 0.1) is 23.5 Å². The average Bonchev–Trinajstić information content (AvgIpc) is 4.16. The Labute approximate surface area is 372 Å². The van der Waals surface area contributed by atoms with Gasteiger partial charge in [-0.15, -0.1) is 26.3 Å². The van der Waals surface area contributed by atoms with Crippen molar-refractivity contribution in [3.8, 4) is 22.7 Å². The van der Waals surface area contributed by atoms with Gasteiger partial charge in [0, 0.05) is 46.3 Å². The lowest BCUT2D eigenvalue weighted by Gasteiger charge is -2.34. The van der Waals surface area contributed by atoms with Gasteiger partial charge in [-0.1, -0.05) is 141 Å². The van der Waals surface area contributed by atoms with Crippen LogP contribution >= 0.6 is 27.3 Å². The minimum Gasteiger partial charge on any atom is -0.466 e. The van der Waals surface area contributed by atoms with E-state index in [9.17, 15) is 4.79 Å². The number of nitrogens with zero attached hydrogens (tertiary/aromatic N) is 6. The van der Waals surface area contributed by atoms with E-state index in [0.717, 1.165) is 84.5 Å². The predicted octanol–water partition coefficient (Wildman–Crippen LogP) is 11.8. The number of hydrogen-bond donors (Lipinski definition) is 0. The third kappa shape index (κ3) is 7.85. The maximum Gasteiger partial charge on any atom is 0.334 e. The Morgan fingerprint density at radius 2 is 1.50 bits per heavy atom. The number of methoxy groups -OCH3 is 1. The lowest BCUT2D eigenvalue weighted by atomic mass is 9.77. The summed E-state index contributed by atoms with van der Waals surface area (Å²) in [6.45, 7) is 2.73. The number of unbranched alkanes of at least 4 members (excludes halogenated alkanes) is 1.